The SMILES string of the molecule is Cc1ccc(-n2c(SCC(=O)NN=Cc3ccccc3F)nnc2-c2ccc(Cl)cc2)cc1. The highest BCUT2D eigenvalue weighted by Crippen LogP contribution is 2.28. The summed E-state index contributed by atoms with van der Waals surface area (Å²) in [5.41, 5.74) is 5.54. The molecule has 3 aromatic carbocycles. The van der Waals surface area contributed by atoms with Gasteiger partial charge in [0.25, 0.3) is 5.91 Å². The second-order valence-corrected chi connectivity index (χ2v) is 8.47. The molecule has 0 unspecified atom stereocenters. The van der Waals surface area contributed by atoms with Gasteiger partial charge in [0, 0.05) is 21.8 Å². The summed E-state index contributed by atoms with van der Waals surface area (Å²) in [6.07, 6.45) is 1.27. The summed E-state index contributed by atoms with van der Waals surface area (Å²) < 4.78 is 15.5. The molecule has 0 saturated carbocycles. The van der Waals surface area contributed by atoms with Crippen LogP contribution in [0, 0.1) is 12.7 Å². The highest BCUT2D eigenvalue weighted by molar-refractivity contribution is 7.99. The van der Waals surface area contributed by atoms with Crippen LogP contribution < -0.4 is 5.43 Å². The van der Waals surface area contributed by atoms with Crippen molar-refractivity contribution in [3.05, 3.63) is 94.8 Å². The average molecular weight is 480 g/mol. The lowest BCUT2D eigenvalue weighted by Gasteiger charge is -2.10. The van der Waals surface area contributed by atoms with Gasteiger partial charge in [-0.1, -0.05) is 59.3 Å². The highest BCUT2D eigenvalue weighted by atomic mass is 35.5. The number of hydrazone groups is 1. The van der Waals surface area contributed by atoms with Crippen LogP contribution in [0.5, 0.6) is 0 Å². The summed E-state index contributed by atoms with van der Waals surface area (Å²) in [6.45, 7) is 2.01. The maximum Gasteiger partial charge on any atom is 0.250 e. The summed E-state index contributed by atoms with van der Waals surface area (Å²) >= 11 is 7.25. The topological polar surface area (TPSA) is 72.2 Å². The Bertz CT molecular complexity index is 1290. The molecule has 0 spiro atoms. The molecule has 1 aromatic heterocycles. The van der Waals surface area contributed by atoms with E-state index < -0.39 is 5.82 Å². The van der Waals surface area contributed by atoms with Gasteiger partial charge < -0.3 is 0 Å². The molecule has 4 rings (SSSR count). The van der Waals surface area contributed by atoms with Gasteiger partial charge in [0.2, 0.25) is 0 Å². The van der Waals surface area contributed by atoms with Crippen LogP contribution in [0.3, 0.4) is 0 Å². The number of nitrogens with zero attached hydrogens (tertiary/aromatic N) is 4. The Morgan fingerprint density at radius 3 is 2.55 bits per heavy atom. The smallest absolute Gasteiger partial charge is 0.250 e. The van der Waals surface area contributed by atoms with Crippen molar-refractivity contribution >= 4 is 35.5 Å². The third-order valence-electron chi connectivity index (χ3n) is 4.66. The zero-order valence-electron chi connectivity index (χ0n) is 17.6. The Balaban J connectivity index is 1.52. The second kappa shape index (κ2) is 10.4. The predicted molar refractivity (Wildman–Crippen MR) is 129 cm³/mol. The van der Waals surface area contributed by atoms with Crippen molar-refractivity contribution < 1.29 is 9.18 Å². The van der Waals surface area contributed by atoms with Crippen LogP contribution >= 0.6 is 23.4 Å². The zero-order valence-corrected chi connectivity index (χ0v) is 19.1. The molecule has 9 heteroatoms. The molecular weight excluding hydrogens is 461 g/mol. The number of thioether (sulfide) groups is 1. The van der Waals surface area contributed by atoms with Crippen LogP contribution in [-0.2, 0) is 4.79 Å². The lowest BCUT2D eigenvalue weighted by molar-refractivity contribution is -0.118. The number of benzene rings is 3. The van der Waals surface area contributed by atoms with Crippen LogP contribution in [0.25, 0.3) is 17.1 Å². The summed E-state index contributed by atoms with van der Waals surface area (Å²) in [5.74, 6) is -0.0694. The number of hydrogen-bond acceptors (Lipinski definition) is 5. The van der Waals surface area contributed by atoms with E-state index in [9.17, 15) is 9.18 Å². The molecule has 0 radical (unpaired) electrons. The van der Waals surface area contributed by atoms with E-state index in [4.69, 9.17) is 11.6 Å². The number of amides is 1. The first-order valence-electron chi connectivity index (χ1n) is 9.99. The van der Waals surface area contributed by atoms with Gasteiger partial charge in [0.15, 0.2) is 11.0 Å². The van der Waals surface area contributed by atoms with E-state index in [0.29, 0.717) is 16.0 Å². The normalized spacial score (nSPS) is 11.1. The number of aryl methyl sites for hydroxylation is 1. The predicted octanol–water partition coefficient (Wildman–Crippen LogP) is 5.28. The molecule has 0 bridgehead atoms. The van der Waals surface area contributed by atoms with Gasteiger partial charge >= 0.3 is 0 Å². The fourth-order valence-electron chi connectivity index (χ4n) is 2.99. The quantitative estimate of drug-likeness (QED) is 0.222. The number of aromatic nitrogens is 3. The first-order valence-corrected chi connectivity index (χ1v) is 11.4. The Kier molecular flexibility index (Phi) is 7.16. The molecule has 0 aliphatic rings. The molecule has 0 saturated heterocycles. The maximum absolute atomic E-state index is 13.6. The van der Waals surface area contributed by atoms with Crippen molar-refractivity contribution in [3.63, 3.8) is 0 Å². The summed E-state index contributed by atoms with van der Waals surface area (Å²) in [4.78, 5) is 12.3. The minimum absolute atomic E-state index is 0.0548. The first kappa shape index (κ1) is 22.7. The van der Waals surface area contributed by atoms with E-state index in [0.717, 1.165) is 16.8 Å². The molecule has 1 amide bonds. The molecule has 1 heterocycles. The minimum Gasteiger partial charge on any atom is -0.272 e. The van der Waals surface area contributed by atoms with Gasteiger partial charge in [-0.3, -0.25) is 9.36 Å². The molecule has 1 N–H and O–H groups in total. The van der Waals surface area contributed by atoms with E-state index in [1.165, 1.54) is 24.0 Å². The molecule has 33 heavy (non-hydrogen) atoms. The monoisotopic (exact) mass is 479 g/mol. The van der Waals surface area contributed by atoms with Gasteiger partial charge in [-0.25, -0.2) is 9.82 Å². The largest absolute Gasteiger partial charge is 0.272 e. The average Bonchev–Trinajstić information content (AvgIpc) is 3.24. The lowest BCUT2D eigenvalue weighted by Crippen LogP contribution is -2.20. The van der Waals surface area contributed by atoms with Crippen LogP contribution in [-0.4, -0.2) is 32.6 Å². The van der Waals surface area contributed by atoms with Gasteiger partial charge in [0.1, 0.15) is 5.82 Å². The van der Waals surface area contributed by atoms with Crippen LogP contribution in [0.2, 0.25) is 5.02 Å². The number of rotatable bonds is 7. The standard InChI is InChI=1S/C24H19ClFN5OS/c1-16-6-12-20(13-7-16)31-23(17-8-10-19(25)11-9-17)29-30-24(31)33-15-22(32)28-27-14-18-4-2-3-5-21(18)26/h2-14H,15H2,1H3,(H,28,32). The van der Waals surface area contributed by atoms with E-state index in [1.807, 2.05) is 47.9 Å². The molecular formula is C24H19ClFN5OS. The van der Waals surface area contributed by atoms with Crippen molar-refractivity contribution in [2.24, 2.45) is 5.10 Å². The number of halogens is 2. The van der Waals surface area contributed by atoms with Crippen LogP contribution in [0.1, 0.15) is 11.1 Å². The third kappa shape index (κ3) is 5.66. The van der Waals surface area contributed by atoms with E-state index >= 15 is 0 Å². The Morgan fingerprint density at radius 2 is 1.82 bits per heavy atom. The first-order chi connectivity index (χ1) is 16.0. The molecule has 0 aliphatic heterocycles. The summed E-state index contributed by atoms with van der Waals surface area (Å²) in [5, 5.41) is 13.7. The van der Waals surface area contributed by atoms with Crippen LogP contribution in [0.15, 0.2) is 83.1 Å². The lowest BCUT2D eigenvalue weighted by atomic mass is 10.2. The van der Waals surface area contributed by atoms with Gasteiger partial charge in [-0.05, 0) is 49.4 Å². The fourth-order valence-corrected chi connectivity index (χ4v) is 3.86. The maximum atomic E-state index is 13.6. The van der Waals surface area contributed by atoms with Gasteiger partial charge in [-0.2, -0.15) is 5.10 Å². The molecule has 0 fully saturated rings. The van der Waals surface area contributed by atoms with Crippen molar-refractivity contribution in [2.45, 2.75) is 12.1 Å². The number of carbonyl (C=O) groups is 1. The molecule has 0 atom stereocenters. The molecule has 0 aliphatic carbocycles. The highest BCUT2D eigenvalue weighted by Gasteiger charge is 2.17. The number of hydrogen-bond donors (Lipinski definition) is 1. The fraction of sp³-hybridized carbons (Fsp3) is 0.0833. The molecule has 4 aromatic rings. The Hall–Kier alpha value is -3.49. The number of nitrogens with one attached hydrogen (secondary N) is 1. The Labute approximate surface area is 199 Å². The van der Waals surface area contributed by atoms with Crippen molar-refractivity contribution in [1.29, 1.82) is 0 Å². The van der Waals surface area contributed by atoms with Gasteiger partial charge in [-0.15, -0.1) is 10.2 Å². The van der Waals surface area contributed by atoms with Crippen molar-refractivity contribution in [2.75, 3.05) is 5.75 Å². The second-order valence-electron chi connectivity index (χ2n) is 7.09. The van der Waals surface area contributed by atoms with E-state index in [-0.39, 0.29) is 17.2 Å². The van der Waals surface area contributed by atoms with Crippen molar-refractivity contribution in [3.8, 4) is 17.1 Å². The minimum atomic E-state index is -0.411. The van der Waals surface area contributed by atoms with Crippen molar-refractivity contribution in [1.82, 2.24) is 20.2 Å². The van der Waals surface area contributed by atoms with Crippen LogP contribution in [0.4, 0.5) is 4.39 Å². The van der Waals surface area contributed by atoms with E-state index in [1.54, 1.807) is 30.3 Å². The van der Waals surface area contributed by atoms with E-state index in [2.05, 4.69) is 20.7 Å². The van der Waals surface area contributed by atoms with Gasteiger partial charge in [0.05, 0.1) is 12.0 Å². The molecule has 166 valence electrons. The molecule has 6 nitrogen and oxygen atoms in total. The Morgan fingerprint density at radius 1 is 1.09 bits per heavy atom. The third-order valence-corrected chi connectivity index (χ3v) is 5.84. The summed E-state index contributed by atoms with van der Waals surface area (Å²) in [6, 6.07) is 21.4. The number of carbonyl (C=O) groups excluding carboxylic acids is 1. The summed E-state index contributed by atoms with van der Waals surface area (Å²) in [7, 11) is 0. The zero-order chi connectivity index (χ0) is 23.2.